The number of β-amino-alcohol motifs (C(OH)–C–C–N with tert-alkyl or cyclic N) is 1. The molecule has 2 heterocycles. The van der Waals surface area contributed by atoms with Crippen LogP contribution in [-0.2, 0) is 10.2 Å². The zero-order valence-electron chi connectivity index (χ0n) is 12.8. The van der Waals surface area contributed by atoms with Crippen molar-refractivity contribution in [2.24, 2.45) is 0 Å². The number of nitrogens with zero attached hydrogens (tertiary/aromatic N) is 2. The number of carbonyl (C=O) groups is 2. The van der Waals surface area contributed by atoms with Gasteiger partial charge in [-0.15, -0.1) is 0 Å². The predicted octanol–water partition coefficient (Wildman–Crippen LogP) is 1.53. The van der Waals surface area contributed by atoms with Crippen molar-refractivity contribution in [2.75, 3.05) is 26.2 Å². The van der Waals surface area contributed by atoms with Gasteiger partial charge in [0.1, 0.15) is 6.54 Å². The fourth-order valence-electron chi connectivity index (χ4n) is 3.77. The monoisotopic (exact) mass is 378 g/mol. The smallest absolute Gasteiger partial charge is 0.254 e. The minimum Gasteiger partial charge on any atom is -0.391 e. The Morgan fingerprint density at radius 1 is 1.39 bits per heavy atom. The summed E-state index contributed by atoms with van der Waals surface area (Å²) in [4.78, 5) is 28.5. The van der Waals surface area contributed by atoms with Crippen LogP contribution in [0, 0.1) is 0 Å². The molecular weight excluding hydrogens is 360 g/mol. The van der Waals surface area contributed by atoms with E-state index in [1.165, 1.54) is 0 Å². The maximum atomic E-state index is 12.7. The van der Waals surface area contributed by atoms with Crippen molar-refractivity contribution >= 4 is 27.7 Å². The van der Waals surface area contributed by atoms with Gasteiger partial charge in [-0.2, -0.15) is 0 Å². The lowest BCUT2D eigenvalue weighted by Crippen LogP contribution is -2.48. The summed E-state index contributed by atoms with van der Waals surface area (Å²) >= 11 is 3.49. The summed E-state index contributed by atoms with van der Waals surface area (Å²) < 4.78 is 0.992. The summed E-state index contributed by atoms with van der Waals surface area (Å²) in [5, 5.41) is 9.58. The Balaban J connectivity index is 1.56. The number of rotatable bonds is 2. The first kappa shape index (κ1) is 15.1. The van der Waals surface area contributed by atoms with Crippen LogP contribution in [0.3, 0.4) is 0 Å². The first-order chi connectivity index (χ1) is 11.0. The molecule has 1 saturated heterocycles. The first-order valence-corrected chi connectivity index (χ1v) is 8.83. The van der Waals surface area contributed by atoms with Crippen molar-refractivity contribution in [2.45, 2.75) is 30.8 Å². The molecule has 2 amide bonds. The van der Waals surface area contributed by atoms with Crippen LogP contribution in [0.1, 0.15) is 35.2 Å². The normalized spacial score (nSPS) is 25.0. The van der Waals surface area contributed by atoms with Gasteiger partial charge in [0, 0.05) is 35.1 Å². The van der Waals surface area contributed by atoms with Crippen molar-refractivity contribution in [1.82, 2.24) is 9.80 Å². The molecule has 3 aliphatic rings. The molecule has 0 bridgehead atoms. The van der Waals surface area contributed by atoms with Crippen molar-refractivity contribution in [3.05, 3.63) is 33.8 Å². The lowest BCUT2D eigenvalue weighted by Gasteiger charge is -2.35. The largest absolute Gasteiger partial charge is 0.391 e. The van der Waals surface area contributed by atoms with Gasteiger partial charge in [-0.25, -0.2) is 0 Å². The van der Waals surface area contributed by atoms with E-state index in [0.29, 0.717) is 26.1 Å². The van der Waals surface area contributed by atoms with Gasteiger partial charge in [0.15, 0.2) is 0 Å². The Hall–Kier alpha value is -1.40. The lowest BCUT2D eigenvalue weighted by atomic mass is 9.86. The van der Waals surface area contributed by atoms with E-state index in [0.717, 1.165) is 28.4 Å². The number of likely N-dealkylation sites (tertiary alicyclic amines) is 1. The molecule has 1 aromatic carbocycles. The first-order valence-electron chi connectivity index (χ1n) is 8.04. The van der Waals surface area contributed by atoms with Gasteiger partial charge < -0.3 is 14.9 Å². The summed E-state index contributed by atoms with van der Waals surface area (Å²) in [5.41, 5.74) is 1.89. The third-order valence-corrected chi connectivity index (χ3v) is 5.75. The van der Waals surface area contributed by atoms with E-state index in [1.807, 2.05) is 12.1 Å². The van der Waals surface area contributed by atoms with Crippen molar-refractivity contribution in [3.63, 3.8) is 0 Å². The van der Waals surface area contributed by atoms with Crippen molar-refractivity contribution in [1.29, 1.82) is 0 Å². The van der Waals surface area contributed by atoms with Gasteiger partial charge >= 0.3 is 0 Å². The zero-order valence-corrected chi connectivity index (χ0v) is 14.4. The number of hydrogen-bond donors (Lipinski definition) is 1. The van der Waals surface area contributed by atoms with Gasteiger partial charge in [0.2, 0.25) is 5.91 Å². The maximum absolute atomic E-state index is 12.7. The van der Waals surface area contributed by atoms with Gasteiger partial charge in [0.25, 0.3) is 5.91 Å². The molecule has 2 aliphatic heterocycles. The quantitative estimate of drug-likeness (QED) is 0.848. The Morgan fingerprint density at radius 2 is 2.17 bits per heavy atom. The highest BCUT2D eigenvalue weighted by Gasteiger charge is 2.51. The van der Waals surface area contributed by atoms with Gasteiger partial charge in [-0.3, -0.25) is 9.59 Å². The van der Waals surface area contributed by atoms with Crippen LogP contribution in [-0.4, -0.2) is 59.0 Å². The van der Waals surface area contributed by atoms with Crippen LogP contribution in [0.4, 0.5) is 0 Å². The molecular formula is C17H19BrN2O3. The summed E-state index contributed by atoms with van der Waals surface area (Å²) in [7, 11) is 0. The summed E-state index contributed by atoms with van der Waals surface area (Å²) in [6.45, 7) is 1.70. The third kappa shape index (κ3) is 2.58. The highest BCUT2D eigenvalue weighted by Crippen LogP contribution is 2.52. The highest BCUT2D eigenvalue weighted by atomic mass is 79.9. The van der Waals surface area contributed by atoms with Crippen LogP contribution in [0.5, 0.6) is 0 Å². The summed E-state index contributed by atoms with van der Waals surface area (Å²) in [6.07, 6.45) is 2.33. The highest BCUT2D eigenvalue weighted by molar-refractivity contribution is 9.10. The average molecular weight is 379 g/mol. The molecule has 2 fully saturated rings. The average Bonchev–Trinajstić information content (AvgIpc) is 3.16. The van der Waals surface area contributed by atoms with Crippen molar-refractivity contribution < 1.29 is 14.7 Å². The van der Waals surface area contributed by atoms with Gasteiger partial charge in [0.05, 0.1) is 6.10 Å². The van der Waals surface area contributed by atoms with E-state index in [4.69, 9.17) is 0 Å². The van der Waals surface area contributed by atoms with Crippen LogP contribution < -0.4 is 0 Å². The molecule has 23 heavy (non-hydrogen) atoms. The fraction of sp³-hybridized carbons (Fsp3) is 0.529. The Labute approximate surface area is 143 Å². The molecule has 0 aromatic heterocycles. The second kappa shape index (κ2) is 5.31. The van der Waals surface area contributed by atoms with Crippen LogP contribution in [0.15, 0.2) is 22.7 Å². The van der Waals surface area contributed by atoms with E-state index >= 15 is 0 Å². The number of benzene rings is 1. The molecule has 1 aliphatic carbocycles. The molecule has 1 unspecified atom stereocenters. The number of fused-ring (bicyclic) bond motifs is 2. The molecule has 1 atom stereocenters. The molecule has 122 valence electrons. The fourth-order valence-corrected chi connectivity index (χ4v) is 4.13. The van der Waals surface area contributed by atoms with E-state index in [9.17, 15) is 14.7 Å². The van der Waals surface area contributed by atoms with Gasteiger partial charge in [-0.05, 0) is 43.0 Å². The number of aliphatic hydroxyl groups is 1. The van der Waals surface area contributed by atoms with Gasteiger partial charge in [-0.1, -0.05) is 15.9 Å². The number of halogens is 1. The maximum Gasteiger partial charge on any atom is 0.254 e. The number of aliphatic hydroxyl groups excluding tert-OH is 1. The van der Waals surface area contributed by atoms with Crippen LogP contribution >= 0.6 is 15.9 Å². The van der Waals surface area contributed by atoms with E-state index in [2.05, 4.69) is 22.0 Å². The Bertz CT molecular complexity index is 686. The summed E-state index contributed by atoms with van der Waals surface area (Å²) in [5.74, 6) is -0.121. The number of hydrogen-bond acceptors (Lipinski definition) is 3. The molecule has 4 rings (SSSR count). The molecule has 1 saturated carbocycles. The molecule has 0 radical (unpaired) electrons. The Kier molecular flexibility index (Phi) is 3.50. The zero-order chi connectivity index (χ0) is 16.2. The molecule has 1 N–H and O–H groups in total. The SMILES string of the molecule is O=C(CN1CC2(CC2)c2cc(Br)ccc2C1=O)N1CCC(O)C1. The predicted molar refractivity (Wildman–Crippen MR) is 88.2 cm³/mol. The lowest BCUT2D eigenvalue weighted by molar-refractivity contribution is -0.131. The Morgan fingerprint density at radius 3 is 2.83 bits per heavy atom. The van der Waals surface area contributed by atoms with E-state index in [-0.39, 0.29) is 23.8 Å². The minimum atomic E-state index is -0.427. The van der Waals surface area contributed by atoms with Crippen LogP contribution in [0.25, 0.3) is 0 Å². The molecule has 1 aromatic rings. The standard InChI is InChI=1S/C17H19BrN2O3/c18-11-1-2-13-14(7-11)17(4-5-17)10-20(16(13)23)9-15(22)19-6-3-12(21)8-19/h1-2,7,12,21H,3-6,8-10H2. The summed E-state index contributed by atoms with van der Waals surface area (Å²) in [6, 6.07) is 5.79. The number of carbonyl (C=O) groups excluding carboxylic acids is 2. The van der Waals surface area contributed by atoms with Crippen LogP contribution in [0.2, 0.25) is 0 Å². The minimum absolute atomic E-state index is 0.0395. The second-order valence-electron chi connectivity index (χ2n) is 6.91. The second-order valence-corrected chi connectivity index (χ2v) is 7.83. The third-order valence-electron chi connectivity index (χ3n) is 5.26. The van der Waals surface area contributed by atoms with Crippen molar-refractivity contribution in [3.8, 4) is 0 Å². The molecule has 1 spiro atoms. The molecule has 5 nitrogen and oxygen atoms in total. The molecule has 6 heteroatoms. The topological polar surface area (TPSA) is 60.9 Å². The van der Waals surface area contributed by atoms with E-state index in [1.54, 1.807) is 9.80 Å². The van der Waals surface area contributed by atoms with E-state index < -0.39 is 6.10 Å². The number of amides is 2.